The average Bonchev–Trinajstić information content (AvgIpc) is 2.65. The first-order chi connectivity index (χ1) is 7.76. The van der Waals surface area contributed by atoms with Crippen LogP contribution in [-0.2, 0) is 4.74 Å². The monoisotopic (exact) mass is 214 g/mol. The lowest BCUT2D eigenvalue weighted by molar-refractivity contribution is 0.173. The molecule has 1 nitrogen and oxygen atoms in total. The Morgan fingerprint density at radius 3 is 2.88 bits per heavy atom. The molecule has 1 heterocycles. The second kappa shape index (κ2) is 4.56. The van der Waals surface area contributed by atoms with Crippen LogP contribution in [-0.4, -0.2) is 6.10 Å². The number of rotatable bonds is 3. The van der Waals surface area contributed by atoms with Crippen LogP contribution in [0.25, 0.3) is 0 Å². The van der Waals surface area contributed by atoms with Gasteiger partial charge in [-0.3, -0.25) is 0 Å². The summed E-state index contributed by atoms with van der Waals surface area (Å²) >= 11 is 0. The van der Waals surface area contributed by atoms with Gasteiger partial charge < -0.3 is 4.74 Å². The van der Waals surface area contributed by atoms with E-state index < -0.39 is 0 Å². The molecule has 0 spiro atoms. The highest BCUT2D eigenvalue weighted by Gasteiger charge is 2.31. The summed E-state index contributed by atoms with van der Waals surface area (Å²) in [5.41, 5.74) is 2.54. The Morgan fingerprint density at radius 2 is 2.19 bits per heavy atom. The summed E-state index contributed by atoms with van der Waals surface area (Å²) < 4.78 is 5.94. The van der Waals surface area contributed by atoms with Gasteiger partial charge in [-0.05, 0) is 25.5 Å². The molecule has 1 aliphatic carbocycles. The Kier molecular flexibility index (Phi) is 3.14. The van der Waals surface area contributed by atoms with Crippen molar-refractivity contribution < 1.29 is 4.74 Å². The van der Waals surface area contributed by atoms with Gasteiger partial charge in [-0.25, -0.2) is 0 Å². The highest BCUT2D eigenvalue weighted by atomic mass is 16.5. The van der Waals surface area contributed by atoms with Crippen molar-refractivity contribution in [3.05, 3.63) is 59.9 Å². The molecule has 16 heavy (non-hydrogen) atoms. The van der Waals surface area contributed by atoms with Gasteiger partial charge in [-0.1, -0.05) is 43.4 Å². The lowest BCUT2D eigenvalue weighted by Gasteiger charge is -2.15. The van der Waals surface area contributed by atoms with E-state index in [0.29, 0.717) is 5.92 Å². The Morgan fingerprint density at radius 1 is 1.44 bits per heavy atom. The minimum absolute atomic E-state index is 0.161. The number of allylic oxidation sites excluding steroid dienone is 5. The molecule has 0 radical (unpaired) electrons. The summed E-state index contributed by atoms with van der Waals surface area (Å²) in [4.78, 5) is 0. The summed E-state index contributed by atoms with van der Waals surface area (Å²) in [6.45, 7) is 8.18. The van der Waals surface area contributed by atoms with Gasteiger partial charge in [0.1, 0.15) is 11.9 Å². The van der Waals surface area contributed by atoms with Gasteiger partial charge in [0.15, 0.2) is 0 Å². The lowest BCUT2D eigenvalue weighted by Crippen LogP contribution is -2.15. The van der Waals surface area contributed by atoms with Gasteiger partial charge in [0.05, 0.1) is 0 Å². The molecule has 0 saturated carbocycles. The van der Waals surface area contributed by atoms with Crippen LogP contribution in [0.2, 0.25) is 0 Å². The second-order valence-corrected chi connectivity index (χ2v) is 4.25. The molecule has 1 aliphatic heterocycles. The molecule has 0 amide bonds. The molecule has 2 rings (SSSR count). The maximum Gasteiger partial charge on any atom is 0.128 e. The van der Waals surface area contributed by atoms with Crippen LogP contribution < -0.4 is 0 Å². The molecule has 2 unspecified atom stereocenters. The zero-order chi connectivity index (χ0) is 11.5. The highest BCUT2D eigenvalue weighted by molar-refractivity contribution is 5.41. The second-order valence-electron chi connectivity index (χ2n) is 4.25. The molecule has 0 saturated heterocycles. The summed E-state index contributed by atoms with van der Waals surface area (Å²) in [5.74, 6) is 1.33. The van der Waals surface area contributed by atoms with E-state index in [1.54, 1.807) is 0 Å². The first kappa shape index (κ1) is 11.0. The molecule has 2 aliphatic rings. The molecule has 0 fully saturated rings. The molecule has 0 N–H and O–H groups in total. The number of fused-ring (bicyclic) bond motifs is 1. The van der Waals surface area contributed by atoms with Gasteiger partial charge in [0.25, 0.3) is 0 Å². The first-order valence-corrected chi connectivity index (χ1v) is 5.81. The third-order valence-corrected chi connectivity index (χ3v) is 3.15. The smallest absolute Gasteiger partial charge is 0.128 e. The molecule has 0 aromatic carbocycles. The zero-order valence-electron chi connectivity index (χ0n) is 9.94. The fraction of sp³-hybridized carbons (Fsp3) is 0.333. The number of hydrogen-bond donors (Lipinski definition) is 0. The molecule has 1 heteroatoms. The van der Waals surface area contributed by atoms with E-state index in [0.717, 1.165) is 12.2 Å². The van der Waals surface area contributed by atoms with Crippen LogP contribution in [0, 0.1) is 5.92 Å². The fourth-order valence-electron chi connectivity index (χ4n) is 2.04. The Bertz CT molecular complexity index is 407. The van der Waals surface area contributed by atoms with Gasteiger partial charge in [0.2, 0.25) is 0 Å². The number of hydrogen-bond acceptors (Lipinski definition) is 1. The van der Waals surface area contributed by atoms with Gasteiger partial charge in [-0.15, -0.1) is 0 Å². The molecule has 2 atom stereocenters. The van der Waals surface area contributed by atoms with Crippen LogP contribution in [0.1, 0.15) is 20.3 Å². The van der Waals surface area contributed by atoms with Crippen molar-refractivity contribution in [3.8, 4) is 0 Å². The van der Waals surface area contributed by atoms with E-state index in [2.05, 4.69) is 44.7 Å². The predicted molar refractivity (Wildman–Crippen MR) is 67.9 cm³/mol. The fourth-order valence-corrected chi connectivity index (χ4v) is 2.04. The van der Waals surface area contributed by atoms with Crippen molar-refractivity contribution in [1.82, 2.24) is 0 Å². The third kappa shape index (κ3) is 1.90. The van der Waals surface area contributed by atoms with Crippen molar-refractivity contribution in [1.29, 1.82) is 0 Å². The van der Waals surface area contributed by atoms with E-state index >= 15 is 0 Å². The van der Waals surface area contributed by atoms with Crippen molar-refractivity contribution in [2.45, 2.75) is 26.4 Å². The largest absolute Gasteiger partial charge is 0.485 e. The molecular weight excluding hydrogens is 196 g/mol. The minimum atomic E-state index is 0.161. The van der Waals surface area contributed by atoms with Crippen LogP contribution in [0.3, 0.4) is 0 Å². The summed E-state index contributed by atoms with van der Waals surface area (Å²) in [6.07, 6.45) is 13.7. The predicted octanol–water partition coefficient (Wildman–Crippen LogP) is 3.92. The van der Waals surface area contributed by atoms with E-state index in [9.17, 15) is 0 Å². The van der Waals surface area contributed by atoms with Gasteiger partial charge >= 0.3 is 0 Å². The summed E-state index contributed by atoms with van der Waals surface area (Å²) in [7, 11) is 0. The zero-order valence-corrected chi connectivity index (χ0v) is 9.94. The minimum Gasteiger partial charge on any atom is -0.485 e. The van der Waals surface area contributed by atoms with Crippen LogP contribution in [0.4, 0.5) is 0 Å². The molecular formula is C15H18O. The Hall–Kier alpha value is -1.50. The quantitative estimate of drug-likeness (QED) is 0.691. The van der Waals surface area contributed by atoms with Crippen molar-refractivity contribution >= 4 is 0 Å². The van der Waals surface area contributed by atoms with E-state index in [4.69, 9.17) is 4.74 Å². The van der Waals surface area contributed by atoms with Crippen molar-refractivity contribution in [3.63, 3.8) is 0 Å². The highest BCUT2D eigenvalue weighted by Crippen LogP contribution is 2.36. The first-order valence-electron chi connectivity index (χ1n) is 5.81. The molecule has 84 valence electrons. The van der Waals surface area contributed by atoms with Crippen LogP contribution >= 0.6 is 0 Å². The average molecular weight is 214 g/mol. The van der Waals surface area contributed by atoms with E-state index in [-0.39, 0.29) is 6.10 Å². The standard InChI is InChI=1S/C15H18O/c1-4-11(3)10-15-12(5-2)13-8-6-7-9-14(13)16-15/h5-10,13-14H,2,4H2,1,3H3/b11-10-. The van der Waals surface area contributed by atoms with E-state index in [1.165, 1.54) is 11.1 Å². The maximum absolute atomic E-state index is 5.94. The SMILES string of the molecule is C=CC1=C(/C=C(/C)CC)OC2C=CC=CC12. The molecule has 0 aromatic heterocycles. The molecule has 0 aromatic rings. The Balaban J connectivity index is 2.32. The van der Waals surface area contributed by atoms with Crippen molar-refractivity contribution in [2.75, 3.05) is 0 Å². The van der Waals surface area contributed by atoms with Crippen LogP contribution in [0.15, 0.2) is 59.9 Å². The normalized spacial score (nSPS) is 28.0. The van der Waals surface area contributed by atoms with Crippen molar-refractivity contribution in [2.24, 2.45) is 5.92 Å². The molecule has 0 bridgehead atoms. The topological polar surface area (TPSA) is 9.23 Å². The van der Waals surface area contributed by atoms with Gasteiger partial charge in [0, 0.05) is 11.5 Å². The lowest BCUT2D eigenvalue weighted by atomic mass is 9.91. The van der Waals surface area contributed by atoms with Gasteiger partial charge in [-0.2, -0.15) is 0 Å². The maximum atomic E-state index is 5.94. The van der Waals surface area contributed by atoms with Crippen LogP contribution in [0.5, 0.6) is 0 Å². The number of ether oxygens (including phenoxy) is 1. The Labute approximate surface area is 97.5 Å². The third-order valence-electron chi connectivity index (χ3n) is 3.15. The van der Waals surface area contributed by atoms with E-state index in [1.807, 2.05) is 12.2 Å². The summed E-state index contributed by atoms with van der Waals surface area (Å²) in [5, 5.41) is 0. The summed E-state index contributed by atoms with van der Waals surface area (Å²) in [6, 6.07) is 0.